The molecular formula is C22H8Br3NO2. The average molecular weight is 558 g/mol. The van der Waals surface area contributed by atoms with Gasteiger partial charge >= 0.3 is 0 Å². The van der Waals surface area contributed by atoms with E-state index < -0.39 is 5.91 Å². The molecule has 0 saturated heterocycles. The molecule has 0 aliphatic carbocycles. The molecule has 28 heavy (non-hydrogen) atoms. The van der Waals surface area contributed by atoms with E-state index in [9.17, 15) is 9.59 Å². The lowest BCUT2D eigenvalue weighted by Gasteiger charge is -2.24. The Labute approximate surface area is 183 Å². The number of nitrogens with one attached hydrogen (secondary N) is 1. The summed E-state index contributed by atoms with van der Waals surface area (Å²) in [6, 6.07) is 14.5. The smallest absolute Gasteiger partial charge is 0.259 e. The zero-order valence-electron chi connectivity index (χ0n) is 14.0. The third-order valence-electron chi connectivity index (χ3n) is 5.56. The van der Waals surface area contributed by atoms with Gasteiger partial charge < -0.3 is 0 Å². The van der Waals surface area contributed by atoms with E-state index in [0.29, 0.717) is 25.5 Å². The first-order valence-corrected chi connectivity index (χ1v) is 10.9. The zero-order chi connectivity index (χ0) is 19.3. The summed E-state index contributed by atoms with van der Waals surface area (Å²) in [6.45, 7) is 0. The molecule has 2 amide bonds. The van der Waals surface area contributed by atoms with Crippen molar-refractivity contribution in [3.63, 3.8) is 0 Å². The molecule has 0 unspecified atom stereocenters. The van der Waals surface area contributed by atoms with Gasteiger partial charge in [0.25, 0.3) is 11.8 Å². The van der Waals surface area contributed by atoms with Crippen LogP contribution in [0.15, 0.2) is 55.9 Å². The van der Waals surface area contributed by atoms with Crippen LogP contribution in [0.2, 0.25) is 0 Å². The highest BCUT2D eigenvalue weighted by Crippen LogP contribution is 2.50. The fraction of sp³-hybridized carbons (Fsp3) is 0. The van der Waals surface area contributed by atoms with Crippen LogP contribution in [0.3, 0.4) is 0 Å². The number of hydrogen-bond donors (Lipinski definition) is 1. The molecule has 5 aromatic rings. The maximum atomic E-state index is 12.7. The first-order valence-electron chi connectivity index (χ1n) is 8.54. The predicted octanol–water partition coefficient (Wildman–Crippen LogP) is 6.91. The van der Waals surface area contributed by atoms with Gasteiger partial charge in [-0.05, 0) is 80.8 Å². The minimum Gasteiger partial charge on any atom is -0.288 e. The minimum atomic E-state index is -0.391. The van der Waals surface area contributed by atoms with Gasteiger partial charge in [0, 0.05) is 29.6 Å². The van der Waals surface area contributed by atoms with Gasteiger partial charge in [-0.2, -0.15) is 0 Å². The molecule has 0 radical (unpaired) electrons. The Morgan fingerprint density at radius 2 is 1.32 bits per heavy atom. The highest BCUT2D eigenvalue weighted by atomic mass is 79.9. The van der Waals surface area contributed by atoms with Crippen molar-refractivity contribution in [1.82, 2.24) is 5.32 Å². The number of carbonyl (C=O) groups is 2. The second-order valence-corrected chi connectivity index (χ2v) is 9.34. The quantitative estimate of drug-likeness (QED) is 0.128. The molecule has 0 aromatic heterocycles. The second kappa shape index (κ2) is 5.53. The third kappa shape index (κ3) is 1.88. The highest BCUT2D eigenvalue weighted by Gasteiger charge is 2.33. The lowest BCUT2D eigenvalue weighted by Crippen LogP contribution is -2.35. The third-order valence-corrected chi connectivity index (χ3v) is 8.30. The van der Waals surface area contributed by atoms with Crippen molar-refractivity contribution in [1.29, 1.82) is 0 Å². The second-order valence-electron chi connectivity index (χ2n) is 6.90. The Morgan fingerprint density at radius 1 is 0.643 bits per heavy atom. The molecule has 3 nitrogen and oxygen atoms in total. The standard InChI is InChI=1S/C22H8Br3NO2/c23-12-7-11-9-5-1-3-8-4-2-6-10(13(8)9)15-14(11)17-16(12)21(27)26-22(28)18(17)20(25)19(15)24/h1-7H,(H,26,27,28). The molecule has 0 saturated carbocycles. The van der Waals surface area contributed by atoms with E-state index in [1.54, 1.807) is 0 Å². The fourth-order valence-electron chi connectivity index (χ4n) is 4.50. The van der Waals surface area contributed by atoms with E-state index in [4.69, 9.17) is 0 Å². The Balaban J connectivity index is 2.11. The Kier molecular flexibility index (Phi) is 3.33. The van der Waals surface area contributed by atoms with Crippen LogP contribution in [0.25, 0.3) is 43.1 Å². The number of imide groups is 1. The van der Waals surface area contributed by atoms with Crippen LogP contribution in [0.1, 0.15) is 20.7 Å². The number of rotatable bonds is 0. The number of halogens is 3. The normalized spacial score (nSPS) is 14.0. The van der Waals surface area contributed by atoms with Crippen molar-refractivity contribution >= 4 is 103 Å². The van der Waals surface area contributed by atoms with Crippen molar-refractivity contribution < 1.29 is 9.59 Å². The summed E-state index contributed by atoms with van der Waals surface area (Å²) in [5.41, 5.74) is 0.976. The van der Waals surface area contributed by atoms with Gasteiger partial charge in [0.05, 0.1) is 11.1 Å². The number of fused-ring (bicyclic) bond motifs is 2. The largest absolute Gasteiger partial charge is 0.288 e. The number of benzene rings is 5. The van der Waals surface area contributed by atoms with Crippen LogP contribution < -0.4 is 5.32 Å². The average Bonchev–Trinajstić information content (AvgIpc) is 2.67. The lowest BCUT2D eigenvalue weighted by molar-refractivity contribution is 0.0844. The molecule has 6 heteroatoms. The van der Waals surface area contributed by atoms with E-state index in [1.165, 1.54) is 5.39 Å². The number of hydrogen-bond acceptors (Lipinski definition) is 2. The molecule has 5 aromatic carbocycles. The summed E-state index contributed by atoms with van der Waals surface area (Å²) in [6.07, 6.45) is 0. The van der Waals surface area contributed by atoms with Crippen LogP contribution in [0.5, 0.6) is 0 Å². The van der Waals surface area contributed by atoms with Gasteiger partial charge in [-0.15, -0.1) is 0 Å². The van der Waals surface area contributed by atoms with E-state index in [1.807, 2.05) is 18.2 Å². The summed E-state index contributed by atoms with van der Waals surface area (Å²) < 4.78 is 2.15. The molecule has 1 heterocycles. The van der Waals surface area contributed by atoms with Gasteiger partial charge in [-0.25, -0.2) is 0 Å². The molecule has 0 fully saturated rings. The molecular weight excluding hydrogens is 550 g/mol. The predicted molar refractivity (Wildman–Crippen MR) is 123 cm³/mol. The number of amides is 2. The summed E-state index contributed by atoms with van der Waals surface area (Å²) in [7, 11) is 0. The maximum absolute atomic E-state index is 12.7. The fourth-order valence-corrected chi connectivity index (χ4v) is 6.30. The summed E-state index contributed by atoms with van der Waals surface area (Å²) in [4.78, 5) is 25.4. The molecule has 0 bridgehead atoms. The molecule has 6 rings (SSSR count). The lowest BCUT2D eigenvalue weighted by atomic mass is 9.85. The van der Waals surface area contributed by atoms with Gasteiger partial charge in [0.1, 0.15) is 0 Å². The molecule has 0 spiro atoms. The minimum absolute atomic E-state index is 0.381. The maximum Gasteiger partial charge on any atom is 0.259 e. The first kappa shape index (κ1) is 16.9. The van der Waals surface area contributed by atoms with Gasteiger partial charge in [0.15, 0.2) is 0 Å². The van der Waals surface area contributed by atoms with E-state index >= 15 is 0 Å². The molecule has 1 aliphatic heterocycles. The summed E-state index contributed by atoms with van der Waals surface area (Å²) in [5.74, 6) is -0.772. The molecule has 1 N–H and O–H groups in total. The van der Waals surface area contributed by atoms with Gasteiger partial charge in [-0.1, -0.05) is 36.4 Å². The molecule has 134 valence electrons. The van der Waals surface area contributed by atoms with Crippen LogP contribution >= 0.6 is 47.8 Å². The van der Waals surface area contributed by atoms with E-state index in [-0.39, 0.29) is 5.91 Å². The van der Waals surface area contributed by atoms with E-state index in [0.717, 1.165) is 36.8 Å². The van der Waals surface area contributed by atoms with Gasteiger partial charge in [0.2, 0.25) is 0 Å². The SMILES string of the molecule is O=C1NC(=O)c2c(Br)c(Br)c3c4cccc5cccc(c6cc(Br)c1c2c63)c54. The highest BCUT2D eigenvalue weighted by molar-refractivity contribution is 9.13. The van der Waals surface area contributed by atoms with E-state index in [2.05, 4.69) is 77.4 Å². The topological polar surface area (TPSA) is 46.2 Å². The van der Waals surface area contributed by atoms with Crippen LogP contribution in [0, 0.1) is 0 Å². The summed E-state index contributed by atoms with van der Waals surface area (Å²) >= 11 is 10.9. The summed E-state index contributed by atoms with van der Waals surface area (Å²) in [5, 5.41) is 10.6. The zero-order valence-corrected chi connectivity index (χ0v) is 18.7. The monoisotopic (exact) mass is 555 g/mol. The molecule has 1 aliphatic rings. The van der Waals surface area contributed by atoms with Crippen LogP contribution in [-0.2, 0) is 0 Å². The molecule has 0 atom stereocenters. The van der Waals surface area contributed by atoms with Gasteiger partial charge in [-0.3, -0.25) is 14.9 Å². The Hall–Kier alpha value is -2.02. The van der Waals surface area contributed by atoms with Crippen LogP contribution in [0.4, 0.5) is 0 Å². The number of carbonyl (C=O) groups excluding carboxylic acids is 2. The van der Waals surface area contributed by atoms with Crippen molar-refractivity contribution in [3.05, 3.63) is 67.0 Å². The Bertz CT molecular complexity index is 1550. The van der Waals surface area contributed by atoms with Crippen molar-refractivity contribution in [3.8, 4) is 0 Å². The van der Waals surface area contributed by atoms with Crippen molar-refractivity contribution in [2.75, 3.05) is 0 Å². The van der Waals surface area contributed by atoms with Crippen LogP contribution in [-0.4, -0.2) is 11.8 Å². The Morgan fingerprint density at radius 3 is 2.07 bits per heavy atom. The first-order chi connectivity index (χ1) is 13.5. The van der Waals surface area contributed by atoms with Crippen molar-refractivity contribution in [2.24, 2.45) is 0 Å². The van der Waals surface area contributed by atoms with Crippen molar-refractivity contribution in [2.45, 2.75) is 0 Å².